The molecule has 1 saturated heterocycles. The van der Waals surface area contributed by atoms with Crippen LogP contribution < -0.4 is 10.6 Å². The molecule has 1 heterocycles. The van der Waals surface area contributed by atoms with Crippen molar-refractivity contribution in [3.8, 4) is 0 Å². The number of halogens is 1. The van der Waals surface area contributed by atoms with Gasteiger partial charge in [-0.15, -0.1) is 0 Å². The maximum Gasteiger partial charge on any atom is 0.170 e. The lowest BCUT2D eigenvalue weighted by molar-refractivity contribution is 0.140. The monoisotopic (exact) mass is 323 g/mol. The van der Waals surface area contributed by atoms with Crippen molar-refractivity contribution in [3.05, 3.63) is 30.1 Å². The molecule has 2 atom stereocenters. The molecule has 3 nitrogen and oxygen atoms in total. The van der Waals surface area contributed by atoms with Crippen molar-refractivity contribution in [2.24, 2.45) is 11.8 Å². The van der Waals surface area contributed by atoms with Gasteiger partial charge >= 0.3 is 0 Å². The molecule has 2 unspecified atom stereocenters. The Morgan fingerprint density at radius 1 is 1.27 bits per heavy atom. The van der Waals surface area contributed by atoms with Crippen LogP contribution in [-0.2, 0) is 0 Å². The standard InChI is InChI=1S/C17H26FN3S/c1-13-10-14(2)12-21(11-13)9-5-8-19-17(22)20-16-7-4-3-6-15(16)18/h3-4,6-7,13-14H,5,8-12H2,1-2H3,(H2,19,20,22). The summed E-state index contributed by atoms with van der Waals surface area (Å²) in [5.74, 6) is 1.30. The molecule has 0 amide bonds. The first-order valence-corrected chi connectivity index (χ1v) is 8.47. The molecular weight excluding hydrogens is 297 g/mol. The Morgan fingerprint density at radius 3 is 2.64 bits per heavy atom. The molecule has 2 rings (SSSR count). The Morgan fingerprint density at radius 2 is 1.95 bits per heavy atom. The first kappa shape index (κ1) is 17.2. The third kappa shape index (κ3) is 5.54. The third-order valence-electron chi connectivity index (χ3n) is 4.00. The van der Waals surface area contributed by atoms with Gasteiger partial charge < -0.3 is 15.5 Å². The van der Waals surface area contributed by atoms with Gasteiger partial charge in [-0.3, -0.25) is 0 Å². The molecule has 1 fully saturated rings. The van der Waals surface area contributed by atoms with E-state index in [4.69, 9.17) is 12.2 Å². The van der Waals surface area contributed by atoms with E-state index in [1.54, 1.807) is 18.2 Å². The fourth-order valence-corrected chi connectivity index (χ4v) is 3.42. The molecule has 22 heavy (non-hydrogen) atoms. The number of likely N-dealkylation sites (tertiary alicyclic amines) is 1. The Kier molecular flexibility index (Phi) is 6.58. The summed E-state index contributed by atoms with van der Waals surface area (Å²) in [5.41, 5.74) is 0.415. The van der Waals surface area contributed by atoms with Crippen LogP contribution in [0.15, 0.2) is 24.3 Å². The highest BCUT2D eigenvalue weighted by molar-refractivity contribution is 7.80. The first-order valence-electron chi connectivity index (χ1n) is 8.06. The summed E-state index contributed by atoms with van der Waals surface area (Å²) in [6, 6.07) is 6.55. The van der Waals surface area contributed by atoms with E-state index in [2.05, 4.69) is 29.4 Å². The van der Waals surface area contributed by atoms with E-state index in [0.29, 0.717) is 10.8 Å². The molecule has 1 aliphatic rings. The molecule has 0 aliphatic carbocycles. The van der Waals surface area contributed by atoms with Crippen LogP contribution in [0.25, 0.3) is 0 Å². The Hall–Kier alpha value is -1.20. The minimum atomic E-state index is -0.289. The number of para-hydroxylation sites is 1. The molecule has 1 aromatic rings. The number of hydrogen-bond donors (Lipinski definition) is 2. The van der Waals surface area contributed by atoms with Crippen molar-refractivity contribution in [2.45, 2.75) is 26.7 Å². The summed E-state index contributed by atoms with van der Waals surface area (Å²) in [5, 5.41) is 6.52. The highest BCUT2D eigenvalue weighted by Crippen LogP contribution is 2.20. The van der Waals surface area contributed by atoms with Gasteiger partial charge in [-0.05, 0) is 55.6 Å². The number of hydrogen-bond acceptors (Lipinski definition) is 2. The number of anilines is 1. The highest BCUT2D eigenvalue weighted by atomic mass is 32.1. The van der Waals surface area contributed by atoms with E-state index in [1.165, 1.54) is 25.6 Å². The fourth-order valence-electron chi connectivity index (χ4n) is 3.21. The van der Waals surface area contributed by atoms with Crippen molar-refractivity contribution in [3.63, 3.8) is 0 Å². The first-order chi connectivity index (χ1) is 10.5. The van der Waals surface area contributed by atoms with E-state index >= 15 is 0 Å². The van der Waals surface area contributed by atoms with E-state index in [9.17, 15) is 4.39 Å². The minimum absolute atomic E-state index is 0.289. The number of rotatable bonds is 5. The van der Waals surface area contributed by atoms with Gasteiger partial charge in [0, 0.05) is 19.6 Å². The van der Waals surface area contributed by atoms with Gasteiger partial charge in [-0.25, -0.2) is 4.39 Å². The summed E-state index contributed by atoms with van der Waals surface area (Å²) in [7, 11) is 0. The van der Waals surface area contributed by atoms with Crippen molar-refractivity contribution < 1.29 is 4.39 Å². The van der Waals surface area contributed by atoms with Gasteiger partial charge in [0.1, 0.15) is 5.82 Å². The summed E-state index contributed by atoms with van der Waals surface area (Å²) in [4.78, 5) is 2.54. The predicted molar refractivity (Wildman–Crippen MR) is 94.6 cm³/mol. The third-order valence-corrected chi connectivity index (χ3v) is 4.25. The summed E-state index contributed by atoms with van der Waals surface area (Å²) < 4.78 is 13.5. The zero-order valence-corrected chi connectivity index (χ0v) is 14.3. The topological polar surface area (TPSA) is 27.3 Å². The maximum absolute atomic E-state index is 13.5. The lowest BCUT2D eigenvalue weighted by Crippen LogP contribution is -2.40. The normalized spacial score (nSPS) is 22.3. The molecule has 122 valence electrons. The second-order valence-corrected chi connectivity index (χ2v) is 6.83. The lowest BCUT2D eigenvalue weighted by Gasteiger charge is -2.34. The smallest absolute Gasteiger partial charge is 0.170 e. The zero-order chi connectivity index (χ0) is 15.9. The summed E-state index contributed by atoms with van der Waals surface area (Å²) >= 11 is 5.20. The van der Waals surface area contributed by atoms with Gasteiger partial charge in [0.05, 0.1) is 5.69 Å². The van der Waals surface area contributed by atoms with Gasteiger partial charge in [0.15, 0.2) is 5.11 Å². The molecule has 0 bridgehead atoms. The molecule has 0 radical (unpaired) electrons. The molecule has 0 saturated carbocycles. The number of nitrogens with zero attached hydrogens (tertiary/aromatic N) is 1. The Labute approximate surface area is 138 Å². The van der Waals surface area contributed by atoms with Gasteiger partial charge in [0.25, 0.3) is 0 Å². The maximum atomic E-state index is 13.5. The summed E-state index contributed by atoms with van der Waals surface area (Å²) in [6.45, 7) is 8.94. The van der Waals surface area contributed by atoms with E-state index in [0.717, 1.165) is 31.3 Å². The number of piperidine rings is 1. The lowest BCUT2D eigenvalue weighted by atomic mass is 9.92. The number of nitrogens with one attached hydrogen (secondary N) is 2. The van der Waals surface area contributed by atoms with Crippen LogP contribution in [-0.4, -0.2) is 36.2 Å². The van der Waals surface area contributed by atoms with Crippen LogP contribution in [0.5, 0.6) is 0 Å². The molecule has 0 aromatic heterocycles. The molecular formula is C17H26FN3S. The van der Waals surface area contributed by atoms with Crippen LogP contribution in [0.1, 0.15) is 26.7 Å². The molecule has 1 aromatic carbocycles. The quantitative estimate of drug-likeness (QED) is 0.641. The second-order valence-electron chi connectivity index (χ2n) is 6.42. The average Bonchev–Trinajstić information content (AvgIpc) is 2.45. The SMILES string of the molecule is CC1CC(C)CN(CCCNC(=S)Nc2ccccc2F)C1. The van der Waals surface area contributed by atoms with Crippen molar-refractivity contribution in [1.29, 1.82) is 0 Å². The Balaban J connectivity index is 1.64. The fraction of sp³-hybridized carbons (Fsp3) is 0.588. The van der Waals surface area contributed by atoms with Gasteiger partial charge in [-0.1, -0.05) is 26.0 Å². The number of benzene rings is 1. The largest absolute Gasteiger partial charge is 0.362 e. The van der Waals surface area contributed by atoms with Gasteiger partial charge in [0.2, 0.25) is 0 Å². The van der Waals surface area contributed by atoms with Crippen LogP contribution in [0.2, 0.25) is 0 Å². The minimum Gasteiger partial charge on any atom is -0.362 e. The predicted octanol–water partition coefficient (Wildman–Crippen LogP) is 3.48. The highest BCUT2D eigenvalue weighted by Gasteiger charge is 2.20. The van der Waals surface area contributed by atoms with Crippen LogP contribution in [0.4, 0.5) is 10.1 Å². The number of thiocarbonyl (C=S) groups is 1. The van der Waals surface area contributed by atoms with Crippen LogP contribution in [0, 0.1) is 17.7 Å². The van der Waals surface area contributed by atoms with E-state index < -0.39 is 0 Å². The van der Waals surface area contributed by atoms with Crippen LogP contribution >= 0.6 is 12.2 Å². The Bertz CT molecular complexity index is 485. The molecule has 2 N–H and O–H groups in total. The summed E-state index contributed by atoms with van der Waals surface area (Å²) in [6.07, 6.45) is 2.38. The van der Waals surface area contributed by atoms with Crippen LogP contribution in [0.3, 0.4) is 0 Å². The zero-order valence-electron chi connectivity index (χ0n) is 13.4. The van der Waals surface area contributed by atoms with Crippen molar-refractivity contribution in [1.82, 2.24) is 10.2 Å². The molecule has 0 spiro atoms. The van der Waals surface area contributed by atoms with Crippen molar-refractivity contribution in [2.75, 3.05) is 31.5 Å². The molecule has 1 aliphatic heterocycles. The van der Waals surface area contributed by atoms with Crippen molar-refractivity contribution >= 4 is 23.0 Å². The van der Waals surface area contributed by atoms with Gasteiger partial charge in [-0.2, -0.15) is 0 Å². The molecule has 5 heteroatoms. The van der Waals surface area contributed by atoms with E-state index in [-0.39, 0.29) is 5.82 Å². The second kappa shape index (κ2) is 8.44. The average molecular weight is 323 g/mol. The van der Waals surface area contributed by atoms with E-state index in [1.807, 2.05) is 0 Å².